The molecular weight excluding hydrogens is 469 g/mol. The third-order valence-electron chi connectivity index (χ3n) is 6.46. The van der Waals surface area contributed by atoms with Gasteiger partial charge in [0.25, 0.3) is 0 Å². The summed E-state index contributed by atoms with van der Waals surface area (Å²) < 4.78 is 49.8. The number of benzene rings is 2. The molecule has 0 saturated carbocycles. The van der Waals surface area contributed by atoms with Crippen LogP contribution in [0.4, 0.5) is 13.2 Å². The lowest BCUT2D eigenvalue weighted by atomic mass is 9.86. The Labute approximate surface area is 210 Å². The molecule has 8 heteroatoms. The average Bonchev–Trinajstić information content (AvgIpc) is 2.89. The van der Waals surface area contributed by atoms with Crippen LogP contribution in [0.1, 0.15) is 29.5 Å². The number of nitrogens with one attached hydrogen (secondary N) is 2. The van der Waals surface area contributed by atoms with E-state index in [4.69, 9.17) is 9.47 Å². The van der Waals surface area contributed by atoms with Gasteiger partial charge in [0.15, 0.2) is 5.76 Å². The lowest BCUT2D eigenvalue weighted by Gasteiger charge is -2.32. The smallest absolute Gasteiger partial charge is 0.416 e. The Morgan fingerprint density at radius 3 is 2.31 bits per heavy atom. The number of carbonyl (C=O) groups excluding carboxylic acids is 1. The number of halogens is 3. The van der Waals surface area contributed by atoms with Crippen molar-refractivity contribution >= 4 is 5.91 Å². The fraction of sp³-hybridized carbons (Fsp3) is 0.393. The monoisotopic (exact) mass is 502 g/mol. The minimum atomic E-state index is -4.37. The Morgan fingerprint density at radius 2 is 1.72 bits per heavy atom. The highest BCUT2D eigenvalue weighted by atomic mass is 19.4. The Hall–Kier alpha value is -3.26. The molecule has 0 heterocycles. The number of hydrogen-bond acceptors (Lipinski definition) is 4. The molecule has 5 nitrogen and oxygen atoms in total. The van der Waals surface area contributed by atoms with E-state index < -0.39 is 17.8 Å². The number of aryl methyl sites for hydroxylation is 1. The maximum Gasteiger partial charge on any atom is 0.416 e. The van der Waals surface area contributed by atoms with Crippen LogP contribution in [0.3, 0.4) is 0 Å². The second kappa shape index (κ2) is 12.6. The van der Waals surface area contributed by atoms with Crippen LogP contribution in [0.5, 0.6) is 0 Å². The average molecular weight is 503 g/mol. The molecule has 0 aromatic heterocycles. The highest BCUT2D eigenvalue weighted by Gasteiger charge is 2.31. The molecule has 1 aliphatic carbocycles. The highest BCUT2D eigenvalue weighted by molar-refractivity contribution is 5.81. The second-order valence-corrected chi connectivity index (χ2v) is 8.79. The number of methoxy groups -OCH3 is 2. The molecule has 3 rings (SSSR count). The van der Waals surface area contributed by atoms with E-state index in [0.29, 0.717) is 37.2 Å². The van der Waals surface area contributed by atoms with Crippen LogP contribution < -0.4 is 10.6 Å². The summed E-state index contributed by atoms with van der Waals surface area (Å²) in [5.41, 5.74) is 1.16. The van der Waals surface area contributed by atoms with E-state index in [1.165, 1.54) is 12.1 Å². The summed E-state index contributed by atoms with van der Waals surface area (Å²) >= 11 is 0. The maximum absolute atomic E-state index is 13.0. The minimum Gasteiger partial charge on any atom is -0.497 e. The summed E-state index contributed by atoms with van der Waals surface area (Å²) in [6.07, 6.45) is 1.78. The van der Waals surface area contributed by atoms with E-state index in [0.717, 1.165) is 23.3 Å². The van der Waals surface area contributed by atoms with Crippen molar-refractivity contribution in [3.05, 3.63) is 95.0 Å². The van der Waals surface area contributed by atoms with Gasteiger partial charge in [0.1, 0.15) is 5.76 Å². The fourth-order valence-corrected chi connectivity index (χ4v) is 4.44. The van der Waals surface area contributed by atoms with Gasteiger partial charge in [-0.1, -0.05) is 48.5 Å². The first-order valence-corrected chi connectivity index (χ1v) is 11.9. The van der Waals surface area contributed by atoms with Crippen molar-refractivity contribution in [2.45, 2.75) is 43.9 Å². The van der Waals surface area contributed by atoms with Crippen molar-refractivity contribution in [2.24, 2.45) is 5.92 Å². The van der Waals surface area contributed by atoms with E-state index in [-0.39, 0.29) is 17.9 Å². The molecule has 2 aromatic rings. The Kier molecular flexibility index (Phi) is 9.58. The van der Waals surface area contributed by atoms with E-state index in [2.05, 4.69) is 10.6 Å². The van der Waals surface area contributed by atoms with Crippen molar-refractivity contribution in [2.75, 3.05) is 21.3 Å². The van der Waals surface area contributed by atoms with Crippen molar-refractivity contribution in [3.63, 3.8) is 0 Å². The number of ether oxygens (including phenoxy) is 2. The SMILES string of the molecule is CNC(=O)[C@@H](Cc1ccccc1)N[C@@H](CCc1ccc(C(F)(F)F)cc1)C1C=CC(OC)=C(OC)C1. The number of allylic oxidation sites excluding steroid dienone is 2. The number of amides is 1. The number of alkyl halides is 3. The first-order chi connectivity index (χ1) is 17.2. The van der Waals surface area contributed by atoms with E-state index in [1.54, 1.807) is 21.3 Å². The Morgan fingerprint density at radius 1 is 1.03 bits per heavy atom. The van der Waals surface area contributed by atoms with Crippen molar-refractivity contribution < 1.29 is 27.4 Å². The number of carbonyl (C=O) groups is 1. The maximum atomic E-state index is 13.0. The fourth-order valence-electron chi connectivity index (χ4n) is 4.44. The molecule has 0 spiro atoms. The molecule has 36 heavy (non-hydrogen) atoms. The zero-order valence-corrected chi connectivity index (χ0v) is 20.8. The van der Waals surface area contributed by atoms with E-state index in [9.17, 15) is 18.0 Å². The predicted octanol–water partition coefficient (Wildman–Crippen LogP) is 5.03. The van der Waals surface area contributed by atoms with Crippen LogP contribution in [0.25, 0.3) is 0 Å². The van der Waals surface area contributed by atoms with Crippen LogP contribution in [-0.4, -0.2) is 39.3 Å². The molecule has 0 fully saturated rings. The lowest BCUT2D eigenvalue weighted by molar-refractivity contribution is -0.137. The van der Waals surface area contributed by atoms with Crippen LogP contribution in [0.15, 0.2) is 78.3 Å². The third-order valence-corrected chi connectivity index (χ3v) is 6.46. The molecule has 194 valence electrons. The van der Waals surface area contributed by atoms with Gasteiger partial charge in [-0.15, -0.1) is 0 Å². The molecular formula is C28H33F3N2O3. The standard InChI is InChI=1S/C28H33F3N2O3/c1-32-27(34)24(17-20-7-5-4-6-8-20)33-23(21-12-16-25(35-2)26(18-21)36-3)15-11-19-9-13-22(14-10-19)28(29,30)31/h4-10,12-14,16,21,23-24,33H,11,15,17-18H2,1-3H3,(H,32,34)/t21?,23-,24+/m0/s1. The van der Waals surface area contributed by atoms with Crippen molar-refractivity contribution in [1.29, 1.82) is 0 Å². The largest absolute Gasteiger partial charge is 0.497 e. The summed E-state index contributed by atoms with van der Waals surface area (Å²) in [5.74, 6) is 1.24. The van der Waals surface area contributed by atoms with Crippen molar-refractivity contribution in [3.8, 4) is 0 Å². The van der Waals surface area contributed by atoms with Crippen LogP contribution in [-0.2, 0) is 33.3 Å². The first-order valence-electron chi connectivity index (χ1n) is 11.9. The second-order valence-electron chi connectivity index (χ2n) is 8.79. The molecule has 2 aromatic carbocycles. The number of likely N-dealkylation sites (N-methyl/N-ethyl adjacent to an activating group) is 1. The van der Waals surface area contributed by atoms with Gasteiger partial charge in [-0.2, -0.15) is 13.2 Å². The number of rotatable bonds is 11. The minimum absolute atomic E-state index is 0.00349. The molecule has 2 N–H and O–H groups in total. The summed E-state index contributed by atoms with van der Waals surface area (Å²) in [5, 5.41) is 6.29. The van der Waals surface area contributed by atoms with E-state index >= 15 is 0 Å². The van der Waals surface area contributed by atoms with Gasteiger partial charge in [-0.3, -0.25) is 4.79 Å². The van der Waals surface area contributed by atoms with Gasteiger partial charge >= 0.3 is 6.18 Å². The zero-order valence-electron chi connectivity index (χ0n) is 20.8. The molecule has 0 bridgehead atoms. The Balaban J connectivity index is 1.81. The van der Waals surface area contributed by atoms with Gasteiger partial charge in [0, 0.05) is 19.5 Å². The first kappa shape index (κ1) is 27.3. The molecule has 0 aliphatic heterocycles. The molecule has 1 unspecified atom stereocenters. The molecule has 0 radical (unpaired) electrons. The van der Waals surface area contributed by atoms with Crippen LogP contribution in [0, 0.1) is 5.92 Å². The molecule has 0 saturated heterocycles. The third kappa shape index (κ3) is 7.37. The molecule has 3 atom stereocenters. The zero-order chi connectivity index (χ0) is 26.1. The normalized spacial score (nSPS) is 17.4. The van der Waals surface area contributed by atoms with Gasteiger partial charge in [0.2, 0.25) is 5.91 Å². The van der Waals surface area contributed by atoms with Crippen LogP contribution in [0.2, 0.25) is 0 Å². The summed E-state index contributed by atoms with van der Waals surface area (Å²) in [7, 11) is 4.79. The highest BCUT2D eigenvalue weighted by Crippen LogP contribution is 2.31. The molecule has 1 amide bonds. The lowest BCUT2D eigenvalue weighted by Crippen LogP contribution is -2.51. The van der Waals surface area contributed by atoms with E-state index in [1.807, 2.05) is 42.5 Å². The summed E-state index contributed by atoms with van der Waals surface area (Å²) in [6.45, 7) is 0. The Bertz CT molecular complexity index is 1050. The van der Waals surface area contributed by atoms with Gasteiger partial charge < -0.3 is 20.1 Å². The van der Waals surface area contributed by atoms with Crippen molar-refractivity contribution in [1.82, 2.24) is 10.6 Å². The van der Waals surface area contributed by atoms with Crippen LogP contribution >= 0.6 is 0 Å². The molecule has 1 aliphatic rings. The summed E-state index contributed by atoms with van der Waals surface area (Å²) in [6, 6.07) is 14.4. The quantitative estimate of drug-likeness (QED) is 0.452. The van der Waals surface area contributed by atoms with Gasteiger partial charge in [0.05, 0.1) is 25.8 Å². The summed E-state index contributed by atoms with van der Waals surface area (Å²) in [4.78, 5) is 12.8. The number of hydrogen-bond donors (Lipinski definition) is 2. The van der Waals surface area contributed by atoms with Gasteiger partial charge in [-0.05, 0) is 54.5 Å². The topological polar surface area (TPSA) is 59.6 Å². The van der Waals surface area contributed by atoms with Gasteiger partial charge in [-0.25, -0.2) is 0 Å². The predicted molar refractivity (Wildman–Crippen MR) is 133 cm³/mol.